The number of thiazole rings is 1. The molecule has 0 radical (unpaired) electrons. The van der Waals surface area contributed by atoms with Crippen molar-refractivity contribution in [2.45, 2.75) is 25.8 Å². The number of para-hydroxylation sites is 1. The lowest BCUT2D eigenvalue weighted by atomic mass is 10.2. The summed E-state index contributed by atoms with van der Waals surface area (Å²) in [7, 11) is 0. The average Bonchev–Trinajstić information content (AvgIpc) is 2.95. The van der Waals surface area contributed by atoms with Crippen LogP contribution < -0.4 is 0 Å². The fraction of sp³-hybridized carbons (Fsp3) is 0.385. The molecule has 1 atom stereocenters. The fourth-order valence-corrected chi connectivity index (χ4v) is 3.55. The van der Waals surface area contributed by atoms with Crippen LogP contribution in [0.3, 0.4) is 0 Å². The number of hydrogen-bond acceptors (Lipinski definition) is 3. The van der Waals surface area contributed by atoms with Crippen LogP contribution in [-0.4, -0.2) is 22.3 Å². The molecular weight excluding hydrogens is 232 g/mol. The SMILES string of the molecule is CC(=O)N1CCCC1c1nc2ccccc2s1. The van der Waals surface area contributed by atoms with Gasteiger partial charge < -0.3 is 4.90 Å². The van der Waals surface area contributed by atoms with Crippen molar-refractivity contribution in [2.75, 3.05) is 6.54 Å². The maximum atomic E-state index is 11.5. The number of benzene rings is 1. The van der Waals surface area contributed by atoms with Crippen LogP contribution >= 0.6 is 11.3 Å². The van der Waals surface area contributed by atoms with Crippen molar-refractivity contribution in [1.82, 2.24) is 9.88 Å². The number of rotatable bonds is 1. The summed E-state index contributed by atoms with van der Waals surface area (Å²) in [5, 5.41) is 1.08. The molecular formula is C13H14N2OS. The Morgan fingerprint density at radius 2 is 2.29 bits per heavy atom. The summed E-state index contributed by atoms with van der Waals surface area (Å²) in [6.45, 7) is 2.52. The Morgan fingerprint density at radius 3 is 3.06 bits per heavy atom. The highest BCUT2D eigenvalue weighted by Gasteiger charge is 2.30. The zero-order valence-corrected chi connectivity index (χ0v) is 10.5. The van der Waals surface area contributed by atoms with E-state index in [4.69, 9.17) is 0 Å². The van der Waals surface area contributed by atoms with E-state index in [1.807, 2.05) is 23.1 Å². The third kappa shape index (κ3) is 1.82. The lowest BCUT2D eigenvalue weighted by molar-refractivity contribution is -0.129. The predicted octanol–water partition coefficient (Wildman–Crippen LogP) is 2.98. The summed E-state index contributed by atoms with van der Waals surface area (Å²) in [5.74, 6) is 0.159. The van der Waals surface area contributed by atoms with Crippen molar-refractivity contribution in [3.8, 4) is 0 Å². The third-order valence-electron chi connectivity index (χ3n) is 3.25. The van der Waals surface area contributed by atoms with E-state index in [0.29, 0.717) is 0 Å². The molecule has 4 heteroatoms. The number of likely N-dealkylation sites (tertiary alicyclic amines) is 1. The minimum Gasteiger partial charge on any atom is -0.333 e. The largest absolute Gasteiger partial charge is 0.333 e. The lowest BCUT2D eigenvalue weighted by Gasteiger charge is -2.20. The van der Waals surface area contributed by atoms with Crippen LogP contribution in [0.4, 0.5) is 0 Å². The second-order valence-electron chi connectivity index (χ2n) is 4.39. The monoisotopic (exact) mass is 246 g/mol. The molecule has 1 aromatic carbocycles. The summed E-state index contributed by atoms with van der Waals surface area (Å²) < 4.78 is 1.21. The maximum Gasteiger partial charge on any atom is 0.220 e. The Bertz CT molecular complexity index is 530. The quantitative estimate of drug-likeness (QED) is 0.775. The summed E-state index contributed by atoms with van der Waals surface area (Å²) in [6.07, 6.45) is 2.12. The summed E-state index contributed by atoms with van der Waals surface area (Å²) in [6, 6.07) is 8.35. The Labute approximate surface area is 104 Å². The van der Waals surface area contributed by atoms with Gasteiger partial charge in [-0.15, -0.1) is 11.3 Å². The maximum absolute atomic E-state index is 11.5. The predicted molar refractivity (Wildman–Crippen MR) is 69.0 cm³/mol. The number of hydrogen-bond donors (Lipinski definition) is 0. The van der Waals surface area contributed by atoms with E-state index in [0.717, 1.165) is 29.9 Å². The number of fused-ring (bicyclic) bond motifs is 1. The van der Waals surface area contributed by atoms with Gasteiger partial charge in [0.2, 0.25) is 5.91 Å². The summed E-state index contributed by atoms with van der Waals surface area (Å²) in [5.41, 5.74) is 1.04. The molecule has 0 bridgehead atoms. The first-order valence-electron chi connectivity index (χ1n) is 5.88. The van der Waals surface area contributed by atoms with Gasteiger partial charge in [0.25, 0.3) is 0 Å². The first-order valence-corrected chi connectivity index (χ1v) is 6.70. The number of amides is 1. The molecule has 3 nitrogen and oxygen atoms in total. The van der Waals surface area contributed by atoms with E-state index in [1.165, 1.54) is 4.70 Å². The van der Waals surface area contributed by atoms with Gasteiger partial charge in [0.1, 0.15) is 5.01 Å². The van der Waals surface area contributed by atoms with Crippen molar-refractivity contribution in [3.05, 3.63) is 29.3 Å². The van der Waals surface area contributed by atoms with E-state index in [2.05, 4.69) is 11.1 Å². The van der Waals surface area contributed by atoms with Crippen LogP contribution in [0.5, 0.6) is 0 Å². The molecule has 1 aliphatic rings. The van der Waals surface area contributed by atoms with Crippen LogP contribution in [0.15, 0.2) is 24.3 Å². The van der Waals surface area contributed by atoms with Gasteiger partial charge in [0, 0.05) is 13.5 Å². The van der Waals surface area contributed by atoms with Crippen molar-refractivity contribution in [1.29, 1.82) is 0 Å². The molecule has 88 valence electrons. The molecule has 0 N–H and O–H groups in total. The van der Waals surface area contributed by atoms with E-state index < -0.39 is 0 Å². The van der Waals surface area contributed by atoms with Gasteiger partial charge in [0.15, 0.2) is 0 Å². The van der Waals surface area contributed by atoms with Gasteiger partial charge in [-0.25, -0.2) is 4.98 Å². The normalized spacial score (nSPS) is 20.1. The van der Waals surface area contributed by atoms with Gasteiger partial charge in [-0.2, -0.15) is 0 Å². The molecule has 0 saturated carbocycles. The standard InChI is InChI=1S/C13H14N2OS/c1-9(16)15-8-4-6-11(15)13-14-10-5-2-3-7-12(10)17-13/h2-3,5,7,11H,4,6,8H2,1H3. The Morgan fingerprint density at radius 1 is 1.47 bits per heavy atom. The smallest absolute Gasteiger partial charge is 0.220 e. The van der Waals surface area contributed by atoms with Crippen molar-refractivity contribution in [2.24, 2.45) is 0 Å². The molecule has 0 aliphatic carbocycles. The van der Waals surface area contributed by atoms with Gasteiger partial charge in [-0.3, -0.25) is 4.79 Å². The topological polar surface area (TPSA) is 33.2 Å². The molecule has 1 aliphatic heterocycles. The average molecular weight is 246 g/mol. The Balaban J connectivity index is 2.00. The van der Waals surface area contributed by atoms with Crippen LogP contribution in [0.1, 0.15) is 30.8 Å². The molecule has 1 unspecified atom stereocenters. The van der Waals surface area contributed by atoms with Crippen LogP contribution in [0.25, 0.3) is 10.2 Å². The highest BCUT2D eigenvalue weighted by molar-refractivity contribution is 7.18. The molecule has 2 heterocycles. The highest BCUT2D eigenvalue weighted by Crippen LogP contribution is 2.36. The van der Waals surface area contributed by atoms with E-state index in [9.17, 15) is 4.79 Å². The van der Waals surface area contributed by atoms with Crippen molar-refractivity contribution >= 4 is 27.5 Å². The second kappa shape index (κ2) is 4.11. The van der Waals surface area contributed by atoms with E-state index in [-0.39, 0.29) is 11.9 Å². The van der Waals surface area contributed by atoms with E-state index >= 15 is 0 Å². The number of nitrogens with zero attached hydrogens (tertiary/aromatic N) is 2. The fourth-order valence-electron chi connectivity index (χ4n) is 2.43. The molecule has 3 rings (SSSR count). The van der Waals surface area contributed by atoms with E-state index in [1.54, 1.807) is 18.3 Å². The number of carbonyl (C=O) groups excluding carboxylic acids is 1. The summed E-state index contributed by atoms with van der Waals surface area (Å²) >= 11 is 1.71. The lowest BCUT2D eigenvalue weighted by Crippen LogP contribution is -2.27. The van der Waals surface area contributed by atoms with Crippen LogP contribution in [0, 0.1) is 0 Å². The molecule has 17 heavy (non-hydrogen) atoms. The molecule has 1 amide bonds. The first kappa shape index (κ1) is 10.7. The number of carbonyl (C=O) groups is 1. The van der Waals surface area contributed by atoms with Gasteiger partial charge in [-0.05, 0) is 25.0 Å². The van der Waals surface area contributed by atoms with Crippen LogP contribution in [-0.2, 0) is 4.79 Å². The van der Waals surface area contributed by atoms with Crippen molar-refractivity contribution in [3.63, 3.8) is 0 Å². The number of aromatic nitrogens is 1. The Kier molecular flexibility index (Phi) is 2.59. The molecule has 1 aromatic heterocycles. The zero-order valence-electron chi connectivity index (χ0n) is 9.72. The molecule has 2 aromatic rings. The molecule has 1 fully saturated rings. The molecule has 1 saturated heterocycles. The van der Waals surface area contributed by atoms with Crippen LogP contribution in [0.2, 0.25) is 0 Å². The van der Waals surface area contributed by atoms with Crippen molar-refractivity contribution < 1.29 is 4.79 Å². The van der Waals surface area contributed by atoms with Gasteiger partial charge >= 0.3 is 0 Å². The van der Waals surface area contributed by atoms with Gasteiger partial charge in [-0.1, -0.05) is 12.1 Å². The molecule has 0 spiro atoms. The third-order valence-corrected chi connectivity index (χ3v) is 4.39. The van der Waals surface area contributed by atoms with Gasteiger partial charge in [0.05, 0.1) is 16.3 Å². The minimum atomic E-state index is 0.159. The zero-order chi connectivity index (χ0) is 11.8. The second-order valence-corrected chi connectivity index (χ2v) is 5.45. The Hall–Kier alpha value is -1.42. The highest BCUT2D eigenvalue weighted by atomic mass is 32.1. The first-order chi connectivity index (χ1) is 8.25. The summed E-state index contributed by atoms with van der Waals surface area (Å²) in [4.78, 5) is 18.1. The minimum absolute atomic E-state index is 0.159.